The van der Waals surface area contributed by atoms with Gasteiger partial charge in [-0.1, -0.05) is 0 Å². The molecule has 0 spiro atoms. The predicted molar refractivity (Wildman–Crippen MR) is 84.3 cm³/mol. The van der Waals surface area contributed by atoms with Crippen molar-refractivity contribution in [3.8, 4) is 0 Å². The topological polar surface area (TPSA) is 55.8 Å². The number of nitrogens with zero attached hydrogens (tertiary/aromatic N) is 2. The van der Waals surface area contributed by atoms with Gasteiger partial charge in [0, 0.05) is 20.4 Å². The Morgan fingerprint density at radius 3 is 2.05 bits per heavy atom. The first-order valence-corrected chi connectivity index (χ1v) is 8.01. The zero-order chi connectivity index (χ0) is 16.8. The number of quaternary nitrogens is 1. The van der Waals surface area contributed by atoms with Crippen LogP contribution in [0.4, 0.5) is 0 Å². The predicted octanol–water partition coefficient (Wildman–Crippen LogP) is 0.899. The summed E-state index contributed by atoms with van der Waals surface area (Å²) >= 11 is 0. The number of ether oxygens (including phenoxy) is 2. The Hall–Kier alpha value is -1.14. The molecule has 3 aliphatic heterocycles. The van der Waals surface area contributed by atoms with Crippen LogP contribution in [0.2, 0.25) is 0 Å². The molecule has 3 fully saturated rings. The molecule has 6 nitrogen and oxygen atoms in total. The second-order valence-corrected chi connectivity index (χ2v) is 7.14. The summed E-state index contributed by atoms with van der Waals surface area (Å²) < 4.78 is 10.8. The summed E-state index contributed by atoms with van der Waals surface area (Å²) in [7, 11) is 6.18. The molecule has 3 saturated heterocycles. The third-order valence-electron chi connectivity index (χ3n) is 3.98. The van der Waals surface area contributed by atoms with Gasteiger partial charge in [-0.2, -0.15) is 0 Å². The van der Waals surface area contributed by atoms with Gasteiger partial charge in [0.15, 0.2) is 0 Å². The molecular weight excluding hydrogens is 284 g/mol. The van der Waals surface area contributed by atoms with Gasteiger partial charge in [-0.25, -0.2) is 0 Å². The van der Waals surface area contributed by atoms with Crippen molar-refractivity contribution >= 4 is 11.9 Å². The summed E-state index contributed by atoms with van der Waals surface area (Å²) in [6.07, 6.45) is 2.60. The number of likely N-dealkylation sites (N-methyl/N-ethyl adjacent to an activating group) is 1. The molecule has 0 aromatic carbocycles. The van der Waals surface area contributed by atoms with E-state index in [4.69, 9.17) is 9.47 Å². The quantitative estimate of drug-likeness (QED) is 0.570. The standard InChI is InChI=1S/C9H15NO2.C7H16NO2/c1-7(11)12-9-6-10-4-2-8(9)3-5-10;1-7(9)10-6-5-8(2,3)4/h8-9H,2-6H2,1H3;5-6H2,1-4H3/q;+1. The molecule has 3 heterocycles. The van der Waals surface area contributed by atoms with Crippen molar-refractivity contribution < 1.29 is 23.5 Å². The number of hydrogen-bond acceptors (Lipinski definition) is 5. The van der Waals surface area contributed by atoms with Crippen LogP contribution in [0.5, 0.6) is 0 Å². The highest BCUT2D eigenvalue weighted by Crippen LogP contribution is 2.29. The third-order valence-corrected chi connectivity index (χ3v) is 3.98. The lowest BCUT2D eigenvalue weighted by Crippen LogP contribution is -2.51. The number of carbonyl (C=O) groups is 2. The third kappa shape index (κ3) is 7.75. The van der Waals surface area contributed by atoms with E-state index in [-0.39, 0.29) is 18.0 Å². The second kappa shape index (κ2) is 8.48. The Balaban J connectivity index is 0.000000225. The number of piperidine rings is 3. The molecule has 22 heavy (non-hydrogen) atoms. The Labute approximate surface area is 133 Å². The van der Waals surface area contributed by atoms with Gasteiger partial charge < -0.3 is 14.0 Å². The van der Waals surface area contributed by atoms with Crippen LogP contribution in [0.1, 0.15) is 26.7 Å². The van der Waals surface area contributed by atoms with Gasteiger partial charge in [-0.05, 0) is 31.8 Å². The second-order valence-electron chi connectivity index (χ2n) is 7.14. The lowest BCUT2D eigenvalue weighted by Gasteiger charge is -2.43. The molecule has 0 aliphatic carbocycles. The summed E-state index contributed by atoms with van der Waals surface area (Å²) in [5, 5.41) is 0. The molecular formula is C16H31N2O4+. The molecule has 2 bridgehead atoms. The van der Waals surface area contributed by atoms with Gasteiger partial charge in [-0.15, -0.1) is 0 Å². The normalized spacial score (nSPS) is 26.7. The van der Waals surface area contributed by atoms with Gasteiger partial charge in [0.05, 0.1) is 21.1 Å². The van der Waals surface area contributed by atoms with E-state index in [9.17, 15) is 9.59 Å². The van der Waals surface area contributed by atoms with Crippen molar-refractivity contribution in [1.82, 2.24) is 4.90 Å². The molecule has 1 unspecified atom stereocenters. The van der Waals surface area contributed by atoms with Gasteiger partial charge in [0.2, 0.25) is 0 Å². The van der Waals surface area contributed by atoms with Crippen LogP contribution in [0.3, 0.4) is 0 Å². The van der Waals surface area contributed by atoms with Crippen molar-refractivity contribution in [2.45, 2.75) is 32.8 Å². The fraction of sp³-hybridized carbons (Fsp3) is 0.875. The Bertz CT molecular complexity index is 371. The summed E-state index contributed by atoms with van der Waals surface area (Å²) in [4.78, 5) is 23.4. The number of carbonyl (C=O) groups excluding carboxylic acids is 2. The van der Waals surface area contributed by atoms with Crippen LogP contribution >= 0.6 is 0 Å². The van der Waals surface area contributed by atoms with Crippen molar-refractivity contribution in [3.05, 3.63) is 0 Å². The molecule has 3 rings (SSSR count). The van der Waals surface area contributed by atoms with E-state index in [0.29, 0.717) is 12.5 Å². The van der Waals surface area contributed by atoms with E-state index < -0.39 is 0 Å². The van der Waals surface area contributed by atoms with E-state index in [0.717, 1.165) is 17.6 Å². The number of hydrogen-bond donors (Lipinski definition) is 0. The van der Waals surface area contributed by atoms with Crippen molar-refractivity contribution in [2.75, 3.05) is 53.9 Å². The number of rotatable bonds is 4. The molecule has 1 atom stereocenters. The van der Waals surface area contributed by atoms with Crippen molar-refractivity contribution in [1.29, 1.82) is 0 Å². The molecule has 6 heteroatoms. The summed E-state index contributed by atoms with van der Waals surface area (Å²) in [6, 6.07) is 0. The van der Waals surface area contributed by atoms with E-state index in [1.165, 1.54) is 39.8 Å². The van der Waals surface area contributed by atoms with Crippen LogP contribution < -0.4 is 0 Å². The van der Waals surface area contributed by atoms with E-state index in [1.54, 1.807) is 0 Å². The highest BCUT2D eigenvalue weighted by atomic mass is 16.5. The van der Waals surface area contributed by atoms with E-state index in [1.807, 2.05) is 0 Å². The Morgan fingerprint density at radius 1 is 1.09 bits per heavy atom. The molecule has 0 radical (unpaired) electrons. The van der Waals surface area contributed by atoms with Crippen molar-refractivity contribution in [2.24, 2.45) is 5.92 Å². The SMILES string of the molecule is CC(=O)OC1CN2CCC1CC2.CC(=O)OCC[N+](C)(C)C. The zero-order valence-corrected chi connectivity index (χ0v) is 14.6. The maximum Gasteiger partial charge on any atom is 0.302 e. The van der Waals surface area contributed by atoms with Crippen LogP contribution in [0, 0.1) is 5.92 Å². The van der Waals surface area contributed by atoms with Gasteiger partial charge in [0.1, 0.15) is 19.3 Å². The largest absolute Gasteiger partial charge is 0.461 e. The Kier molecular flexibility index (Phi) is 7.29. The van der Waals surface area contributed by atoms with Crippen LogP contribution in [-0.4, -0.2) is 81.4 Å². The highest BCUT2D eigenvalue weighted by molar-refractivity contribution is 5.66. The molecule has 0 amide bonds. The van der Waals surface area contributed by atoms with Gasteiger partial charge in [0.25, 0.3) is 0 Å². The fourth-order valence-corrected chi connectivity index (χ4v) is 2.72. The monoisotopic (exact) mass is 315 g/mol. The smallest absolute Gasteiger partial charge is 0.302 e. The van der Waals surface area contributed by atoms with Gasteiger partial charge >= 0.3 is 11.9 Å². The van der Waals surface area contributed by atoms with E-state index in [2.05, 4.69) is 26.0 Å². The van der Waals surface area contributed by atoms with Crippen LogP contribution in [0.15, 0.2) is 0 Å². The average molecular weight is 315 g/mol. The highest BCUT2D eigenvalue weighted by Gasteiger charge is 2.35. The molecule has 128 valence electrons. The molecule has 0 aromatic heterocycles. The first-order chi connectivity index (χ1) is 10.2. The van der Waals surface area contributed by atoms with Gasteiger partial charge in [-0.3, -0.25) is 14.5 Å². The molecule has 0 saturated carbocycles. The summed E-state index contributed by atoms with van der Waals surface area (Å²) in [5.74, 6) is 0.307. The number of esters is 2. The number of fused-ring (bicyclic) bond motifs is 3. The van der Waals surface area contributed by atoms with Crippen LogP contribution in [-0.2, 0) is 19.1 Å². The first kappa shape index (κ1) is 18.9. The maximum absolute atomic E-state index is 10.7. The minimum atomic E-state index is -0.201. The summed E-state index contributed by atoms with van der Waals surface area (Å²) in [6.45, 7) is 7.65. The molecule has 0 N–H and O–H groups in total. The lowest BCUT2D eigenvalue weighted by molar-refractivity contribution is -0.870. The minimum Gasteiger partial charge on any atom is -0.461 e. The van der Waals surface area contributed by atoms with E-state index >= 15 is 0 Å². The fourth-order valence-electron chi connectivity index (χ4n) is 2.72. The zero-order valence-electron chi connectivity index (χ0n) is 14.6. The molecule has 0 aromatic rings. The molecule has 3 aliphatic rings. The average Bonchev–Trinajstić information content (AvgIpc) is 2.38. The lowest BCUT2D eigenvalue weighted by atomic mass is 9.86. The maximum atomic E-state index is 10.7. The van der Waals surface area contributed by atoms with Crippen molar-refractivity contribution in [3.63, 3.8) is 0 Å². The summed E-state index contributed by atoms with van der Waals surface area (Å²) in [5.41, 5.74) is 0. The minimum absolute atomic E-state index is 0.131. The Morgan fingerprint density at radius 2 is 1.68 bits per heavy atom. The van der Waals surface area contributed by atoms with Crippen LogP contribution in [0.25, 0.3) is 0 Å². The first-order valence-electron chi connectivity index (χ1n) is 8.01.